The average molecular weight is 800 g/mol. The number of Topliss-reactive ketones (excluding diaryl/α,β-unsaturated/α-hetero) is 1. The molecule has 6 nitrogen and oxygen atoms in total. The minimum Gasteiger partial charge on any atom is -0.393 e. The third kappa shape index (κ3) is 7.98. The molecule has 288 valence electrons. The zero-order chi connectivity index (χ0) is 39.0. The fourth-order valence-corrected chi connectivity index (χ4v) is 11.7. The van der Waals surface area contributed by atoms with Crippen LogP contribution in [0.4, 0.5) is 4.39 Å². The Morgan fingerprint density at radius 3 is 2.56 bits per heavy atom. The molecule has 1 heterocycles. The summed E-state index contributed by atoms with van der Waals surface area (Å²) < 4.78 is 45.8. The molecule has 4 aromatic carbocycles. The highest BCUT2D eigenvalue weighted by molar-refractivity contribution is 7.91. The van der Waals surface area contributed by atoms with Gasteiger partial charge in [-0.15, -0.1) is 11.3 Å². The number of nitrogens with zero attached hydrogens (tertiary/aromatic N) is 1. The molecule has 4 unspecified atom stereocenters. The van der Waals surface area contributed by atoms with Gasteiger partial charge in [0.15, 0.2) is 5.78 Å². The van der Waals surface area contributed by atoms with E-state index < -0.39 is 33.0 Å². The van der Waals surface area contributed by atoms with Crippen molar-refractivity contribution in [2.75, 3.05) is 6.54 Å². The lowest BCUT2D eigenvalue weighted by atomic mass is 9.64. The molecule has 0 amide bonds. The van der Waals surface area contributed by atoms with Gasteiger partial charge in [-0.2, -0.15) is 4.31 Å². The second-order valence-corrected chi connectivity index (χ2v) is 19.1. The third-order valence-electron chi connectivity index (χ3n) is 12.1. The van der Waals surface area contributed by atoms with E-state index in [2.05, 4.69) is 13.0 Å². The van der Waals surface area contributed by atoms with E-state index in [1.165, 1.54) is 16.4 Å². The number of hydrogen-bond acceptors (Lipinski definition) is 6. The highest BCUT2D eigenvalue weighted by Gasteiger charge is 2.58. The van der Waals surface area contributed by atoms with E-state index in [0.29, 0.717) is 50.5 Å². The van der Waals surface area contributed by atoms with Crippen molar-refractivity contribution in [1.29, 1.82) is 0 Å². The lowest BCUT2D eigenvalue weighted by molar-refractivity contribution is -0.0731. The molecule has 1 aromatic heterocycles. The summed E-state index contributed by atoms with van der Waals surface area (Å²) in [6, 6.07) is 27.1. The molecule has 2 bridgehead atoms. The standard InChI is InChI=1S/C45H47ClFNO5S2/c1-30-9-7-22-44(2)39(36-20-18-31(25-34(49)19-17-30)26-37(36)42(50)27-38-40(46)14-6-15-41(38)47)21-23-45(44,51)29-48(55(52,53)43-16-8-24-54-43)28-33-12-5-11-32-10-3-4-13-35(32)33/h3-6,8-16,18,20,24,26,34,39,49,51H,7,17,19,21-23,25,27-29H2,1-2H3. The van der Waals surface area contributed by atoms with Crippen molar-refractivity contribution in [1.82, 2.24) is 4.31 Å². The number of hydrogen-bond donors (Lipinski definition) is 2. The van der Waals surface area contributed by atoms with Gasteiger partial charge in [0, 0.05) is 41.1 Å². The number of aliphatic hydroxyl groups is 2. The van der Waals surface area contributed by atoms with Crippen molar-refractivity contribution < 1.29 is 27.8 Å². The van der Waals surface area contributed by atoms with Crippen molar-refractivity contribution in [3.63, 3.8) is 0 Å². The molecule has 5 aromatic rings. The first-order valence-corrected chi connectivity index (χ1v) is 21.6. The molecule has 0 saturated heterocycles. The van der Waals surface area contributed by atoms with Crippen LogP contribution in [-0.2, 0) is 29.4 Å². The summed E-state index contributed by atoms with van der Waals surface area (Å²) in [5.41, 5.74) is 1.65. The predicted octanol–water partition coefficient (Wildman–Crippen LogP) is 10.0. The van der Waals surface area contributed by atoms with Gasteiger partial charge in [0.1, 0.15) is 10.0 Å². The fourth-order valence-electron chi connectivity index (χ4n) is 8.87. The summed E-state index contributed by atoms with van der Waals surface area (Å²) in [7, 11) is -4.04. The first kappa shape index (κ1) is 39.5. The van der Waals surface area contributed by atoms with E-state index in [0.717, 1.165) is 44.4 Å². The predicted molar refractivity (Wildman–Crippen MR) is 219 cm³/mol. The molecule has 3 aliphatic rings. The summed E-state index contributed by atoms with van der Waals surface area (Å²) in [6.45, 7) is 4.00. The van der Waals surface area contributed by atoms with Gasteiger partial charge in [-0.25, -0.2) is 12.8 Å². The van der Waals surface area contributed by atoms with Crippen LogP contribution in [0.1, 0.15) is 90.9 Å². The van der Waals surface area contributed by atoms with Crippen molar-refractivity contribution in [2.24, 2.45) is 5.41 Å². The van der Waals surface area contributed by atoms with E-state index >= 15 is 4.39 Å². The van der Waals surface area contributed by atoms with Crippen LogP contribution < -0.4 is 0 Å². The normalized spacial score (nSPS) is 23.4. The molecule has 55 heavy (non-hydrogen) atoms. The van der Waals surface area contributed by atoms with Crippen LogP contribution >= 0.6 is 22.9 Å². The Morgan fingerprint density at radius 1 is 1.00 bits per heavy atom. The Kier molecular flexibility index (Phi) is 11.5. The lowest BCUT2D eigenvalue weighted by Gasteiger charge is -2.46. The number of benzene rings is 4. The molecule has 4 atom stereocenters. The molecular formula is C45H47ClFNO5S2. The number of thiophene rings is 1. The second kappa shape index (κ2) is 16.0. The van der Waals surface area contributed by atoms with Gasteiger partial charge in [0.05, 0.1) is 11.7 Å². The van der Waals surface area contributed by atoms with Gasteiger partial charge in [0.25, 0.3) is 10.0 Å². The topological polar surface area (TPSA) is 94.9 Å². The molecule has 2 N–H and O–H groups in total. The van der Waals surface area contributed by atoms with E-state index in [9.17, 15) is 23.4 Å². The summed E-state index contributed by atoms with van der Waals surface area (Å²) >= 11 is 7.55. The largest absolute Gasteiger partial charge is 0.393 e. The third-order valence-corrected chi connectivity index (χ3v) is 15.6. The van der Waals surface area contributed by atoms with Crippen LogP contribution in [-0.4, -0.2) is 47.0 Å². The number of halogens is 2. The zero-order valence-corrected chi connectivity index (χ0v) is 33.6. The van der Waals surface area contributed by atoms with Crippen LogP contribution in [0.15, 0.2) is 112 Å². The molecule has 0 aliphatic heterocycles. The van der Waals surface area contributed by atoms with Crippen LogP contribution in [0.25, 0.3) is 10.8 Å². The summed E-state index contributed by atoms with van der Waals surface area (Å²) in [5.74, 6) is -1.21. The van der Waals surface area contributed by atoms with Crippen LogP contribution in [0.3, 0.4) is 0 Å². The molecule has 1 fully saturated rings. The van der Waals surface area contributed by atoms with Gasteiger partial charge in [-0.1, -0.05) is 96.9 Å². The summed E-state index contributed by atoms with van der Waals surface area (Å²) in [5, 5.41) is 28.0. The highest BCUT2D eigenvalue weighted by Crippen LogP contribution is 2.59. The summed E-state index contributed by atoms with van der Waals surface area (Å²) in [6.07, 6.45) is 4.82. The van der Waals surface area contributed by atoms with Gasteiger partial charge in [-0.05, 0) is 115 Å². The molecule has 3 aliphatic carbocycles. The van der Waals surface area contributed by atoms with Crippen LogP contribution in [0.5, 0.6) is 0 Å². The maximum atomic E-state index is 15.0. The van der Waals surface area contributed by atoms with E-state index in [1.807, 2.05) is 67.6 Å². The second-order valence-electron chi connectivity index (χ2n) is 15.6. The van der Waals surface area contributed by atoms with Gasteiger partial charge >= 0.3 is 0 Å². The van der Waals surface area contributed by atoms with Crippen molar-refractivity contribution in [2.45, 2.75) is 93.6 Å². The quantitative estimate of drug-likeness (QED) is 0.114. The number of allylic oxidation sites excluding steroid dienone is 2. The van der Waals surface area contributed by atoms with E-state index in [-0.39, 0.29) is 46.0 Å². The lowest BCUT2D eigenvalue weighted by Crippen LogP contribution is -2.53. The number of aliphatic hydroxyl groups excluding tert-OH is 1. The van der Waals surface area contributed by atoms with E-state index in [1.54, 1.807) is 23.6 Å². The molecule has 0 radical (unpaired) electrons. The smallest absolute Gasteiger partial charge is 0.252 e. The first-order valence-electron chi connectivity index (χ1n) is 18.9. The maximum absolute atomic E-state index is 15.0. The van der Waals surface area contributed by atoms with Crippen molar-refractivity contribution in [3.05, 3.63) is 147 Å². The van der Waals surface area contributed by atoms with E-state index in [4.69, 9.17) is 11.6 Å². The highest BCUT2D eigenvalue weighted by atomic mass is 35.5. The summed E-state index contributed by atoms with van der Waals surface area (Å²) in [4.78, 5) is 14.3. The average Bonchev–Trinajstić information content (AvgIpc) is 3.80. The Hall–Kier alpha value is -3.70. The van der Waals surface area contributed by atoms with Crippen molar-refractivity contribution >= 4 is 49.5 Å². The Bertz CT molecular complexity index is 2320. The maximum Gasteiger partial charge on any atom is 0.252 e. The molecule has 1 saturated carbocycles. The van der Waals surface area contributed by atoms with Crippen LogP contribution in [0, 0.1) is 11.2 Å². The van der Waals surface area contributed by atoms with Gasteiger partial charge in [0.2, 0.25) is 0 Å². The number of rotatable bonds is 9. The Morgan fingerprint density at radius 2 is 1.78 bits per heavy atom. The van der Waals surface area contributed by atoms with Crippen molar-refractivity contribution in [3.8, 4) is 0 Å². The zero-order valence-electron chi connectivity index (χ0n) is 31.2. The fraction of sp³-hybridized carbons (Fsp3) is 0.356. The monoisotopic (exact) mass is 799 g/mol. The first-order chi connectivity index (χ1) is 26.3. The Labute approximate surface area is 332 Å². The Balaban J connectivity index is 1.33. The molecule has 8 rings (SSSR count). The number of fused-ring (bicyclic) bond motifs is 9. The molecule has 0 spiro atoms. The molecule has 10 heteroatoms. The van der Waals surface area contributed by atoms with Crippen LogP contribution in [0.2, 0.25) is 5.02 Å². The minimum absolute atomic E-state index is 0.0633. The SMILES string of the molecule is CC1=CCCC2(C)C(CCC2(O)CN(Cc2cccc3ccccc23)S(=O)(=O)c2cccs2)c2ccc(cc2C(=O)Cc2c(F)cccc2Cl)CC(O)CC1. The van der Waals surface area contributed by atoms with Gasteiger partial charge < -0.3 is 10.2 Å². The molecular weight excluding hydrogens is 753 g/mol. The minimum atomic E-state index is -4.04. The number of carbonyl (C=O) groups is 1. The number of sulfonamides is 1. The number of carbonyl (C=O) groups excluding carboxylic acids is 1. The van der Waals surface area contributed by atoms with Gasteiger partial charge in [-0.3, -0.25) is 4.79 Å². The number of ketones is 1.